The van der Waals surface area contributed by atoms with Crippen LogP contribution >= 0.6 is 0 Å². The molecule has 5 nitrogen and oxygen atoms in total. The number of hydrogen-bond donors (Lipinski definition) is 1. The molecule has 0 saturated heterocycles. The van der Waals surface area contributed by atoms with Gasteiger partial charge in [-0.3, -0.25) is 4.79 Å². The zero-order valence-electron chi connectivity index (χ0n) is 23.4. The van der Waals surface area contributed by atoms with Crippen molar-refractivity contribution in [3.05, 3.63) is 51.8 Å². The number of benzene rings is 1. The molecule has 2 aromatic heterocycles. The molecule has 4 fully saturated rings. The Bertz CT molecular complexity index is 1350. The van der Waals surface area contributed by atoms with Crippen molar-refractivity contribution in [3.8, 4) is 5.69 Å². The van der Waals surface area contributed by atoms with Crippen LogP contribution in [0.2, 0.25) is 0 Å². The molecule has 1 N–H and O–H groups in total. The van der Waals surface area contributed by atoms with Gasteiger partial charge in [-0.15, -0.1) is 0 Å². The Balaban J connectivity index is 1.19. The summed E-state index contributed by atoms with van der Waals surface area (Å²) in [6.45, 7) is 12.8. The highest BCUT2D eigenvalue weighted by Crippen LogP contribution is 2.61. The van der Waals surface area contributed by atoms with Gasteiger partial charge < -0.3 is 5.32 Å². The number of nitrogens with one attached hydrogen (secondary N) is 1. The first kappa shape index (κ1) is 24.6. The number of hydrogen-bond acceptors (Lipinski definition) is 3. The number of amides is 1. The monoisotopic (exact) mass is 498 g/mol. The number of carbonyl (C=O) groups excluding carboxylic acids is 1. The molecule has 1 atom stereocenters. The van der Waals surface area contributed by atoms with Crippen molar-refractivity contribution in [2.45, 2.75) is 99.0 Å². The van der Waals surface area contributed by atoms with E-state index in [-0.39, 0.29) is 11.9 Å². The Morgan fingerprint density at radius 2 is 1.65 bits per heavy atom. The predicted octanol–water partition coefficient (Wildman–Crippen LogP) is 6.62. The summed E-state index contributed by atoms with van der Waals surface area (Å²) < 4.78 is 1.97. The zero-order valence-corrected chi connectivity index (χ0v) is 23.4. The Labute approximate surface area is 221 Å². The van der Waals surface area contributed by atoms with Gasteiger partial charge in [0.1, 0.15) is 0 Å². The van der Waals surface area contributed by atoms with Gasteiger partial charge in [-0.2, -0.15) is 5.10 Å². The summed E-state index contributed by atoms with van der Waals surface area (Å²) in [5.74, 6) is 2.90. The zero-order chi connectivity index (χ0) is 26.1. The van der Waals surface area contributed by atoms with Crippen LogP contribution < -0.4 is 5.32 Å². The van der Waals surface area contributed by atoms with E-state index in [1.54, 1.807) is 0 Å². The maximum absolute atomic E-state index is 13.2. The van der Waals surface area contributed by atoms with E-state index < -0.39 is 0 Å². The van der Waals surface area contributed by atoms with Crippen LogP contribution in [0.4, 0.5) is 0 Å². The minimum atomic E-state index is 0.185. The van der Waals surface area contributed by atoms with E-state index in [9.17, 15) is 4.79 Å². The first-order chi connectivity index (χ1) is 17.6. The molecule has 1 amide bonds. The molecule has 37 heavy (non-hydrogen) atoms. The summed E-state index contributed by atoms with van der Waals surface area (Å²) in [5, 5.41) is 9.44. The highest BCUT2D eigenvalue weighted by molar-refractivity contribution is 5.85. The molecule has 2 heterocycles. The third kappa shape index (κ3) is 4.19. The molecule has 0 radical (unpaired) electrons. The fraction of sp³-hybridized carbons (Fsp3) is 0.594. The predicted molar refractivity (Wildman–Crippen MR) is 149 cm³/mol. The van der Waals surface area contributed by atoms with E-state index in [2.05, 4.69) is 65.1 Å². The van der Waals surface area contributed by atoms with E-state index in [4.69, 9.17) is 10.1 Å². The van der Waals surface area contributed by atoms with Gasteiger partial charge in [0.05, 0.1) is 11.4 Å². The highest BCUT2D eigenvalue weighted by atomic mass is 16.1. The van der Waals surface area contributed by atoms with Gasteiger partial charge in [-0.25, -0.2) is 9.67 Å². The average Bonchev–Trinajstić information content (AvgIpc) is 3.15. The molecular formula is C32H42N4O. The van der Waals surface area contributed by atoms with Crippen molar-refractivity contribution in [1.82, 2.24) is 20.1 Å². The molecule has 1 aromatic carbocycles. The smallest absolute Gasteiger partial charge is 0.220 e. The molecule has 0 unspecified atom stereocenters. The van der Waals surface area contributed by atoms with Crippen molar-refractivity contribution in [3.63, 3.8) is 0 Å². The van der Waals surface area contributed by atoms with Crippen molar-refractivity contribution >= 4 is 16.9 Å². The van der Waals surface area contributed by atoms with E-state index in [0.717, 1.165) is 45.9 Å². The Kier molecular flexibility index (Phi) is 5.96. The second kappa shape index (κ2) is 8.96. The summed E-state index contributed by atoms with van der Waals surface area (Å²) in [6.07, 6.45) is 9.51. The topological polar surface area (TPSA) is 59.8 Å². The normalized spacial score (nSPS) is 27.1. The summed E-state index contributed by atoms with van der Waals surface area (Å²) >= 11 is 0. The molecule has 4 saturated carbocycles. The standard InChI is InChI=1S/C32H42N4O/c1-18-7-8-27(11-19(18)2)36-31-30(22(5)35-36)20(3)28(21(4)33-31)9-10-29(37)34-23(6)32-15-24-12-25(16-32)14-26(13-24)17-32/h7-8,11,23-26H,9-10,12-17H2,1-6H3,(H,34,37)/t23-,24?,25?,26?,32?/m0/s1. The molecule has 0 spiro atoms. The maximum Gasteiger partial charge on any atom is 0.220 e. The van der Waals surface area contributed by atoms with Gasteiger partial charge in [-0.1, -0.05) is 6.07 Å². The van der Waals surface area contributed by atoms with E-state index in [1.807, 2.05) is 4.68 Å². The molecule has 3 aromatic rings. The van der Waals surface area contributed by atoms with E-state index >= 15 is 0 Å². The Morgan fingerprint density at radius 3 is 2.27 bits per heavy atom. The number of aromatic nitrogens is 3. The van der Waals surface area contributed by atoms with Gasteiger partial charge in [-0.05, 0) is 144 Å². The van der Waals surface area contributed by atoms with Gasteiger partial charge >= 0.3 is 0 Å². The number of carbonyl (C=O) groups is 1. The van der Waals surface area contributed by atoms with Gasteiger partial charge in [0.15, 0.2) is 5.65 Å². The van der Waals surface area contributed by atoms with Crippen LogP contribution in [0.25, 0.3) is 16.7 Å². The fourth-order valence-electron chi connectivity index (χ4n) is 8.52. The van der Waals surface area contributed by atoms with Crippen LogP contribution in [0.5, 0.6) is 0 Å². The Hall–Kier alpha value is -2.69. The Morgan fingerprint density at radius 1 is 1.00 bits per heavy atom. The number of pyridine rings is 1. The number of aryl methyl sites for hydroxylation is 5. The number of nitrogens with zero attached hydrogens (tertiary/aromatic N) is 3. The first-order valence-electron chi connectivity index (χ1n) is 14.4. The lowest BCUT2D eigenvalue weighted by atomic mass is 9.48. The van der Waals surface area contributed by atoms with E-state index in [0.29, 0.717) is 18.3 Å². The third-order valence-electron chi connectivity index (χ3n) is 10.3. The molecule has 4 bridgehead atoms. The lowest BCUT2D eigenvalue weighted by Crippen LogP contribution is -2.55. The first-order valence-corrected chi connectivity index (χ1v) is 14.4. The minimum Gasteiger partial charge on any atom is -0.353 e. The molecule has 7 rings (SSSR count). The fourth-order valence-corrected chi connectivity index (χ4v) is 8.52. The lowest BCUT2D eigenvalue weighted by Gasteiger charge is -2.59. The third-order valence-corrected chi connectivity index (χ3v) is 10.3. The lowest BCUT2D eigenvalue weighted by molar-refractivity contribution is -0.125. The van der Waals surface area contributed by atoms with Gasteiger partial charge in [0.25, 0.3) is 0 Å². The summed E-state index contributed by atoms with van der Waals surface area (Å²) in [6, 6.07) is 6.71. The van der Waals surface area contributed by atoms with Gasteiger partial charge in [0, 0.05) is 23.5 Å². The average molecular weight is 499 g/mol. The van der Waals surface area contributed by atoms with Crippen LogP contribution in [-0.2, 0) is 11.2 Å². The van der Waals surface area contributed by atoms with Crippen molar-refractivity contribution in [1.29, 1.82) is 0 Å². The molecule has 196 valence electrons. The SMILES string of the molecule is Cc1ccc(-n2nc(C)c3c(C)c(CCC(=O)N[C@@H](C)C45CC6CC(CC(C6)C4)C5)c(C)nc32)cc1C. The summed E-state index contributed by atoms with van der Waals surface area (Å²) in [5.41, 5.74) is 9.18. The van der Waals surface area contributed by atoms with Crippen molar-refractivity contribution in [2.24, 2.45) is 23.2 Å². The molecule has 5 heteroatoms. The molecular weight excluding hydrogens is 456 g/mol. The second-order valence-corrected chi connectivity index (χ2v) is 12.8. The van der Waals surface area contributed by atoms with Crippen LogP contribution in [0.3, 0.4) is 0 Å². The van der Waals surface area contributed by atoms with E-state index in [1.165, 1.54) is 60.8 Å². The maximum atomic E-state index is 13.2. The van der Waals surface area contributed by atoms with Crippen LogP contribution in [-0.4, -0.2) is 26.7 Å². The quantitative estimate of drug-likeness (QED) is 0.416. The van der Waals surface area contributed by atoms with Crippen LogP contribution in [0, 0.1) is 57.8 Å². The van der Waals surface area contributed by atoms with Crippen molar-refractivity contribution in [2.75, 3.05) is 0 Å². The molecule has 4 aliphatic carbocycles. The highest BCUT2D eigenvalue weighted by Gasteiger charge is 2.53. The van der Waals surface area contributed by atoms with Crippen LogP contribution in [0.15, 0.2) is 18.2 Å². The van der Waals surface area contributed by atoms with Gasteiger partial charge in [0.2, 0.25) is 5.91 Å². The molecule has 0 aliphatic heterocycles. The second-order valence-electron chi connectivity index (χ2n) is 12.8. The minimum absolute atomic E-state index is 0.185. The number of rotatable bonds is 6. The number of fused-ring (bicyclic) bond motifs is 1. The van der Waals surface area contributed by atoms with Crippen molar-refractivity contribution < 1.29 is 4.79 Å². The van der Waals surface area contributed by atoms with Crippen LogP contribution in [0.1, 0.15) is 85.5 Å². The largest absolute Gasteiger partial charge is 0.353 e. The molecule has 4 aliphatic rings. The summed E-state index contributed by atoms with van der Waals surface area (Å²) in [4.78, 5) is 18.2. The summed E-state index contributed by atoms with van der Waals surface area (Å²) in [7, 11) is 0.